The van der Waals surface area contributed by atoms with Gasteiger partial charge in [-0.3, -0.25) is 19.6 Å². The van der Waals surface area contributed by atoms with Gasteiger partial charge in [-0.05, 0) is 55.7 Å². The minimum atomic E-state index is -0.160. The molecule has 1 fully saturated rings. The fourth-order valence-corrected chi connectivity index (χ4v) is 5.36. The monoisotopic (exact) mass is 421 g/mol. The van der Waals surface area contributed by atoms with Gasteiger partial charge in [0.2, 0.25) is 0 Å². The summed E-state index contributed by atoms with van der Waals surface area (Å²) in [6, 6.07) is 11.0. The van der Waals surface area contributed by atoms with Gasteiger partial charge in [0.1, 0.15) is 5.75 Å². The van der Waals surface area contributed by atoms with Crippen molar-refractivity contribution in [2.45, 2.75) is 49.6 Å². The molecule has 1 saturated carbocycles. The standard InChI is InChI=1S/C23H23N3O3S/c1-2-30-21-18-13-24-25-19(18)11-12-20(21)29-15-9-7-14(8-10-15)26-22(27)16-5-3-4-6-17(16)23(26)28/h3-6,11-15H,2,7-10H2,1H3,(H,24,25). The van der Waals surface area contributed by atoms with Gasteiger partial charge < -0.3 is 4.74 Å². The Morgan fingerprint density at radius 1 is 1.07 bits per heavy atom. The molecule has 1 aromatic heterocycles. The van der Waals surface area contributed by atoms with Crippen molar-refractivity contribution in [3.8, 4) is 5.75 Å². The summed E-state index contributed by atoms with van der Waals surface area (Å²) < 4.78 is 6.39. The van der Waals surface area contributed by atoms with Crippen LogP contribution in [0.1, 0.15) is 53.3 Å². The highest BCUT2D eigenvalue weighted by Gasteiger charge is 2.41. The number of imide groups is 1. The molecule has 2 aliphatic rings. The van der Waals surface area contributed by atoms with Crippen molar-refractivity contribution < 1.29 is 14.3 Å². The zero-order valence-corrected chi connectivity index (χ0v) is 17.6. The van der Waals surface area contributed by atoms with Crippen LogP contribution in [0.3, 0.4) is 0 Å². The average molecular weight is 422 g/mol. The Morgan fingerprint density at radius 3 is 2.43 bits per heavy atom. The van der Waals surface area contributed by atoms with Crippen molar-refractivity contribution in [2.75, 3.05) is 5.75 Å². The SMILES string of the molecule is CCSc1c(OC2CCC(N3C(=O)c4ccccc4C3=O)CC2)ccc2[nH]ncc12. The van der Waals surface area contributed by atoms with Crippen LogP contribution in [0.2, 0.25) is 0 Å². The molecular formula is C23H23N3O3S. The number of H-pyrrole nitrogens is 1. The molecule has 0 atom stereocenters. The van der Waals surface area contributed by atoms with Gasteiger partial charge >= 0.3 is 0 Å². The first-order chi connectivity index (χ1) is 14.7. The summed E-state index contributed by atoms with van der Waals surface area (Å²) in [6.45, 7) is 2.13. The van der Waals surface area contributed by atoms with Crippen molar-refractivity contribution in [1.82, 2.24) is 15.1 Å². The summed E-state index contributed by atoms with van der Waals surface area (Å²) in [5.74, 6) is 1.52. The van der Waals surface area contributed by atoms with E-state index in [1.165, 1.54) is 4.90 Å². The van der Waals surface area contributed by atoms with Crippen LogP contribution >= 0.6 is 11.8 Å². The minimum Gasteiger partial charge on any atom is -0.489 e. The molecule has 1 N–H and O–H groups in total. The Labute approximate surface area is 179 Å². The number of amides is 2. The lowest BCUT2D eigenvalue weighted by Gasteiger charge is -2.33. The molecule has 154 valence electrons. The Hall–Kier alpha value is -2.80. The third-order valence-corrected chi connectivity index (χ3v) is 6.95. The fourth-order valence-electron chi connectivity index (χ4n) is 4.50. The van der Waals surface area contributed by atoms with Gasteiger partial charge in [-0.2, -0.15) is 5.10 Å². The summed E-state index contributed by atoms with van der Waals surface area (Å²) in [4.78, 5) is 28.1. The summed E-state index contributed by atoms with van der Waals surface area (Å²) in [5.41, 5.74) is 2.05. The lowest BCUT2D eigenvalue weighted by atomic mass is 9.91. The van der Waals surface area contributed by atoms with E-state index in [1.54, 1.807) is 36.0 Å². The predicted molar refractivity (Wildman–Crippen MR) is 116 cm³/mol. The summed E-state index contributed by atoms with van der Waals surface area (Å²) in [5, 5.41) is 8.25. The molecule has 0 radical (unpaired) electrons. The highest BCUT2D eigenvalue weighted by Crippen LogP contribution is 2.38. The lowest BCUT2D eigenvalue weighted by molar-refractivity contribution is 0.0476. The van der Waals surface area contributed by atoms with Crippen LogP contribution in [0.25, 0.3) is 10.9 Å². The molecule has 0 unspecified atom stereocenters. The van der Waals surface area contributed by atoms with Gasteiger partial charge in [-0.15, -0.1) is 11.8 Å². The van der Waals surface area contributed by atoms with Crippen LogP contribution in [0, 0.1) is 0 Å². The van der Waals surface area contributed by atoms with E-state index >= 15 is 0 Å². The molecule has 0 spiro atoms. The van der Waals surface area contributed by atoms with Crippen LogP contribution in [-0.2, 0) is 0 Å². The molecular weight excluding hydrogens is 398 g/mol. The molecule has 2 heterocycles. The number of nitrogens with zero attached hydrogens (tertiary/aromatic N) is 2. The fraction of sp³-hybridized carbons (Fsp3) is 0.348. The highest BCUT2D eigenvalue weighted by atomic mass is 32.2. The number of fused-ring (bicyclic) bond motifs is 2. The van der Waals surface area contributed by atoms with Crippen molar-refractivity contribution in [2.24, 2.45) is 0 Å². The highest BCUT2D eigenvalue weighted by molar-refractivity contribution is 7.99. The van der Waals surface area contributed by atoms with E-state index in [1.807, 2.05) is 18.3 Å². The van der Waals surface area contributed by atoms with E-state index in [2.05, 4.69) is 17.1 Å². The topological polar surface area (TPSA) is 75.3 Å². The van der Waals surface area contributed by atoms with Gasteiger partial charge in [0.25, 0.3) is 11.8 Å². The maximum atomic E-state index is 12.8. The Kier molecular flexibility index (Phi) is 4.98. The Balaban J connectivity index is 1.28. The van der Waals surface area contributed by atoms with Crippen LogP contribution in [0.4, 0.5) is 0 Å². The molecule has 0 saturated heterocycles. The van der Waals surface area contributed by atoms with Gasteiger partial charge in [-0.25, -0.2) is 0 Å². The molecule has 2 aromatic carbocycles. The molecule has 1 aliphatic carbocycles. The normalized spacial score (nSPS) is 21.3. The number of hydrogen-bond donors (Lipinski definition) is 1. The zero-order chi connectivity index (χ0) is 20.7. The first-order valence-electron chi connectivity index (χ1n) is 10.4. The number of thioether (sulfide) groups is 1. The summed E-state index contributed by atoms with van der Waals surface area (Å²) in [7, 11) is 0. The Morgan fingerprint density at radius 2 is 1.77 bits per heavy atom. The van der Waals surface area contributed by atoms with E-state index in [0.717, 1.165) is 53.0 Å². The average Bonchev–Trinajstić information content (AvgIpc) is 3.34. The van der Waals surface area contributed by atoms with E-state index in [9.17, 15) is 9.59 Å². The molecule has 1 aliphatic heterocycles. The van der Waals surface area contributed by atoms with Crippen molar-refractivity contribution in [3.05, 3.63) is 53.7 Å². The zero-order valence-electron chi connectivity index (χ0n) is 16.8. The number of benzene rings is 2. The third-order valence-electron chi connectivity index (χ3n) is 5.96. The second-order valence-electron chi connectivity index (χ2n) is 7.73. The number of carbonyl (C=O) groups is 2. The van der Waals surface area contributed by atoms with Crippen LogP contribution in [0.15, 0.2) is 47.5 Å². The number of hydrogen-bond acceptors (Lipinski definition) is 5. The number of rotatable bonds is 5. The number of ether oxygens (including phenoxy) is 1. The molecule has 6 nitrogen and oxygen atoms in total. The second kappa shape index (κ2) is 7.80. The Bertz CT molecular complexity index is 1080. The maximum Gasteiger partial charge on any atom is 0.261 e. The number of nitrogens with one attached hydrogen (secondary N) is 1. The predicted octanol–water partition coefficient (Wildman–Crippen LogP) is 4.66. The summed E-state index contributed by atoms with van der Waals surface area (Å²) >= 11 is 1.76. The van der Waals surface area contributed by atoms with Crippen LogP contribution < -0.4 is 4.74 Å². The summed E-state index contributed by atoms with van der Waals surface area (Å²) in [6.07, 6.45) is 5.09. The largest absolute Gasteiger partial charge is 0.489 e. The van der Waals surface area contributed by atoms with E-state index in [-0.39, 0.29) is 24.0 Å². The minimum absolute atomic E-state index is 0.0573. The molecule has 30 heavy (non-hydrogen) atoms. The van der Waals surface area contributed by atoms with Crippen molar-refractivity contribution in [3.63, 3.8) is 0 Å². The van der Waals surface area contributed by atoms with E-state index < -0.39 is 0 Å². The molecule has 0 bridgehead atoms. The van der Waals surface area contributed by atoms with E-state index in [0.29, 0.717) is 11.1 Å². The number of carbonyl (C=O) groups excluding carboxylic acids is 2. The van der Waals surface area contributed by atoms with E-state index in [4.69, 9.17) is 4.74 Å². The molecule has 5 rings (SSSR count). The molecule has 2 amide bonds. The number of aromatic nitrogens is 2. The van der Waals surface area contributed by atoms with Crippen LogP contribution in [0.5, 0.6) is 5.75 Å². The van der Waals surface area contributed by atoms with Crippen molar-refractivity contribution in [1.29, 1.82) is 0 Å². The second-order valence-corrected chi connectivity index (χ2v) is 9.01. The van der Waals surface area contributed by atoms with Gasteiger partial charge in [0.05, 0.1) is 33.8 Å². The van der Waals surface area contributed by atoms with Gasteiger partial charge in [0.15, 0.2) is 0 Å². The quantitative estimate of drug-likeness (QED) is 0.479. The first kappa shape index (κ1) is 19.2. The number of aromatic amines is 1. The van der Waals surface area contributed by atoms with Gasteiger partial charge in [-0.1, -0.05) is 19.1 Å². The third kappa shape index (κ3) is 3.17. The molecule has 7 heteroatoms. The lowest BCUT2D eigenvalue weighted by Crippen LogP contribution is -2.43. The smallest absolute Gasteiger partial charge is 0.261 e. The van der Waals surface area contributed by atoms with Crippen molar-refractivity contribution >= 4 is 34.5 Å². The van der Waals surface area contributed by atoms with Gasteiger partial charge in [0, 0.05) is 11.4 Å². The maximum absolute atomic E-state index is 12.8. The first-order valence-corrected chi connectivity index (χ1v) is 11.4. The molecule has 3 aromatic rings. The van der Waals surface area contributed by atoms with Crippen LogP contribution in [-0.4, -0.2) is 44.8 Å².